The Bertz CT molecular complexity index is 1220. The van der Waals surface area contributed by atoms with Gasteiger partial charge in [0.2, 0.25) is 5.89 Å². The van der Waals surface area contributed by atoms with Gasteiger partial charge in [0.25, 0.3) is 5.91 Å². The maximum Gasteiger partial charge on any atom is 0.257 e. The van der Waals surface area contributed by atoms with E-state index in [2.05, 4.69) is 41.4 Å². The molecule has 6 nitrogen and oxygen atoms in total. The van der Waals surface area contributed by atoms with Crippen molar-refractivity contribution in [2.24, 2.45) is 0 Å². The van der Waals surface area contributed by atoms with Crippen LogP contribution in [-0.2, 0) is 5.41 Å². The fraction of sp³-hybridized carbons (Fsp3) is 0.167. The maximum absolute atomic E-state index is 12.5. The van der Waals surface area contributed by atoms with Crippen LogP contribution >= 0.6 is 12.2 Å². The molecule has 0 saturated heterocycles. The molecule has 0 unspecified atom stereocenters. The normalized spacial score (nSPS) is 11.3. The lowest BCUT2D eigenvalue weighted by Gasteiger charge is -2.19. The number of thiocarbonyl (C=S) groups is 1. The van der Waals surface area contributed by atoms with Crippen LogP contribution in [0.3, 0.4) is 0 Å². The predicted octanol–water partition coefficient (Wildman–Crippen LogP) is 5.31. The van der Waals surface area contributed by atoms with E-state index in [4.69, 9.17) is 16.6 Å². The van der Waals surface area contributed by atoms with Crippen molar-refractivity contribution >= 4 is 40.2 Å². The summed E-state index contributed by atoms with van der Waals surface area (Å²) in [4.78, 5) is 21.1. The highest BCUT2D eigenvalue weighted by molar-refractivity contribution is 7.80. The van der Waals surface area contributed by atoms with Crippen molar-refractivity contribution in [3.05, 3.63) is 78.0 Å². The fourth-order valence-corrected chi connectivity index (χ4v) is 3.29. The largest absolute Gasteiger partial charge is 0.434 e. The van der Waals surface area contributed by atoms with Crippen LogP contribution in [0.5, 0.6) is 0 Å². The first-order chi connectivity index (χ1) is 14.8. The Hall–Kier alpha value is -3.58. The average molecular weight is 431 g/mol. The molecule has 2 heterocycles. The number of carbonyl (C=O) groups excluding carboxylic acids is 1. The first-order valence-corrected chi connectivity index (χ1v) is 10.3. The number of aromatic nitrogens is 2. The number of hydrogen-bond donors (Lipinski definition) is 2. The van der Waals surface area contributed by atoms with Gasteiger partial charge in [-0.25, -0.2) is 4.98 Å². The summed E-state index contributed by atoms with van der Waals surface area (Å²) in [5.41, 5.74) is 4.39. The standard InChI is InChI=1S/C24H22N4O2S/c1-24(2,3)17-11-9-15(10-12-17)21(29)28-23(31)26-18-7-4-6-16(14-18)22-27-20-19(30-22)8-5-13-25-20/h4-14H,1-3H3,(H2,26,28,29,31). The van der Waals surface area contributed by atoms with Gasteiger partial charge in [0.15, 0.2) is 16.3 Å². The first kappa shape index (κ1) is 20.7. The minimum atomic E-state index is -0.265. The smallest absolute Gasteiger partial charge is 0.257 e. The second-order valence-corrected chi connectivity index (χ2v) is 8.57. The Morgan fingerprint density at radius 1 is 1.03 bits per heavy atom. The van der Waals surface area contributed by atoms with Crippen molar-refractivity contribution < 1.29 is 9.21 Å². The Morgan fingerprint density at radius 2 is 1.81 bits per heavy atom. The van der Waals surface area contributed by atoms with Gasteiger partial charge in [0.05, 0.1) is 0 Å². The molecular weight excluding hydrogens is 408 g/mol. The van der Waals surface area contributed by atoms with Crippen LogP contribution in [0.4, 0.5) is 5.69 Å². The molecule has 0 saturated carbocycles. The number of benzene rings is 2. The van der Waals surface area contributed by atoms with Crippen LogP contribution in [0.15, 0.2) is 71.3 Å². The van der Waals surface area contributed by atoms with Gasteiger partial charge in [-0.1, -0.05) is 39.0 Å². The number of fused-ring (bicyclic) bond motifs is 1. The van der Waals surface area contributed by atoms with Crippen LogP contribution in [0.2, 0.25) is 0 Å². The Kier molecular flexibility index (Phi) is 5.52. The van der Waals surface area contributed by atoms with Gasteiger partial charge in [0, 0.05) is 23.0 Å². The zero-order valence-electron chi connectivity index (χ0n) is 17.5. The zero-order valence-corrected chi connectivity index (χ0v) is 18.3. The van der Waals surface area contributed by atoms with Crippen LogP contribution < -0.4 is 10.6 Å². The number of carbonyl (C=O) groups is 1. The first-order valence-electron chi connectivity index (χ1n) is 9.84. The Morgan fingerprint density at radius 3 is 2.52 bits per heavy atom. The van der Waals surface area contributed by atoms with Gasteiger partial charge in [-0.3, -0.25) is 10.1 Å². The van der Waals surface area contributed by atoms with Gasteiger partial charge in [-0.15, -0.1) is 0 Å². The monoisotopic (exact) mass is 430 g/mol. The fourth-order valence-electron chi connectivity index (χ4n) is 3.08. The van der Waals surface area contributed by atoms with E-state index in [1.165, 1.54) is 0 Å². The molecule has 7 heteroatoms. The van der Waals surface area contributed by atoms with Crippen molar-refractivity contribution in [2.45, 2.75) is 26.2 Å². The van der Waals surface area contributed by atoms with Crippen molar-refractivity contribution in [1.82, 2.24) is 15.3 Å². The second-order valence-electron chi connectivity index (χ2n) is 8.16. The Balaban J connectivity index is 1.44. The van der Waals surface area contributed by atoms with Gasteiger partial charge in [-0.2, -0.15) is 4.98 Å². The van der Waals surface area contributed by atoms with Gasteiger partial charge in [0.1, 0.15) is 0 Å². The molecule has 4 rings (SSSR count). The summed E-state index contributed by atoms with van der Waals surface area (Å²) in [6, 6.07) is 18.6. The molecule has 4 aromatic rings. The van der Waals surface area contributed by atoms with E-state index in [0.29, 0.717) is 28.4 Å². The molecule has 2 N–H and O–H groups in total. The molecule has 0 atom stereocenters. The third-order valence-corrected chi connectivity index (χ3v) is 4.98. The van der Waals surface area contributed by atoms with E-state index < -0.39 is 0 Å². The number of anilines is 1. The van der Waals surface area contributed by atoms with E-state index in [-0.39, 0.29) is 16.4 Å². The molecule has 0 radical (unpaired) electrons. The highest BCUT2D eigenvalue weighted by Gasteiger charge is 2.15. The van der Waals surface area contributed by atoms with Crippen molar-refractivity contribution in [1.29, 1.82) is 0 Å². The lowest BCUT2D eigenvalue weighted by atomic mass is 9.87. The minimum Gasteiger partial charge on any atom is -0.434 e. The van der Waals surface area contributed by atoms with E-state index in [1.807, 2.05) is 42.5 Å². The van der Waals surface area contributed by atoms with Crippen LogP contribution in [0, 0.1) is 0 Å². The number of rotatable bonds is 3. The highest BCUT2D eigenvalue weighted by Crippen LogP contribution is 2.25. The maximum atomic E-state index is 12.5. The molecule has 2 aromatic carbocycles. The number of nitrogens with zero attached hydrogens (tertiary/aromatic N) is 2. The number of amides is 1. The molecule has 1 amide bonds. The van der Waals surface area contributed by atoms with Crippen LogP contribution in [0.25, 0.3) is 22.7 Å². The molecule has 31 heavy (non-hydrogen) atoms. The molecule has 0 aliphatic rings. The van der Waals surface area contributed by atoms with Gasteiger partial charge in [-0.05, 0) is 65.7 Å². The summed E-state index contributed by atoms with van der Waals surface area (Å²) in [6.07, 6.45) is 1.67. The van der Waals surface area contributed by atoms with E-state index in [1.54, 1.807) is 24.4 Å². The molecule has 0 spiro atoms. The minimum absolute atomic E-state index is 0.0294. The average Bonchev–Trinajstić information content (AvgIpc) is 3.18. The number of nitrogens with one attached hydrogen (secondary N) is 2. The summed E-state index contributed by atoms with van der Waals surface area (Å²) in [5.74, 6) is 0.199. The van der Waals surface area contributed by atoms with E-state index in [9.17, 15) is 4.79 Å². The van der Waals surface area contributed by atoms with Crippen molar-refractivity contribution in [3.8, 4) is 11.5 Å². The summed E-state index contributed by atoms with van der Waals surface area (Å²) >= 11 is 5.32. The predicted molar refractivity (Wildman–Crippen MR) is 126 cm³/mol. The zero-order chi connectivity index (χ0) is 22.0. The topological polar surface area (TPSA) is 80.0 Å². The SMILES string of the molecule is CC(C)(C)c1ccc(C(=O)NC(=S)Nc2cccc(-c3nc4ncccc4o3)c2)cc1. The molecule has 0 aliphatic carbocycles. The number of hydrogen-bond acceptors (Lipinski definition) is 5. The lowest BCUT2D eigenvalue weighted by Crippen LogP contribution is -2.34. The highest BCUT2D eigenvalue weighted by atomic mass is 32.1. The third kappa shape index (κ3) is 4.78. The summed E-state index contributed by atoms with van der Waals surface area (Å²) in [5, 5.41) is 5.96. The molecule has 0 aliphatic heterocycles. The van der Waals surface area contributed by atoms with E-state index in [0.717, 1.165) is 11.1 Å². The summed E-state index contributed by atoms with van der Waals surface area (Å²) in [7, 11) is 0. The van der Waals surface area contributed by atoms with Crippen LogP contribution in [-0.4, -0.2) is 21.0 Å². The van der Waals surface area contributed by atoms with Crippen molar-refractivity contribution in [2.75, 3.05) is 5.32 Å². The quantitative estimate of drug-likeness (QED) is 0.429. The molecule has 156 valence electrons. The molecular formula is C24H22N4O2S. The van der Waals surface area contributed by atoms with Crippen molar-refractivity contribution in [3.63, 3.8) is 0 Å². The number of pyridine rings is 1. The second kappa shape index (κ2) is 8.28. The summed E-state index contributed by atoms with van der Waals surface area (Å²) in [6.45, 7) is 6.39. The number of oxazole rings is 1. The summed E-state index contributed by atoms with van der Waals surface area (Å²) < 4.78 is 5.77. The third-order valence-electron chi connectivity index (χ3n) is 4.77. The van der Waals surface area contributed by atoms with Gasteiger partial charge >= 0.3 is 0 Å². The molecule has 0 fully saturated rings. The van der Waals surface area contributed by atoms with E-state index >= 15 is 0 Å². The van der Waals surface area contributed by atoms with Crippen LogP contribution in [0.1, 0.15) is 36.7 Å². The Labute approximate surface area is 185 Å². The molecule has 2 aromatic heterocycles. The molecule has 0 bridgehead atoms. The lowest BCUT2D eigenvalue weighted by molar-refractivity contribution is 0.0977. The van der Waals surface area contributed by atoms with Gasteiger partial charge < -0.3 is 9.73 Å².